The number of nitrogens with zero attached hydrogens (tertiary/aromatic N) is 1. The van der Waals surface area contributed by atoms with Gasteiger partial charge >= 0.3 is 6.18 Å². The number of benzene rings is 1. The van der Waals surface area contributed by atoms with Gasteiger partial charge in [0.25, 0.3) is 11.5 Å². The number of aryl methyl sites for hydroxylation is 1. The van der Waals surface area contributed by atoms with Crippen molar-refractivity contribution in [3.05, 3.63) is 45.9 Å². The maximum Gasteiger partial charge on any atom is 0.405 e. The Morgan fingerprint density at radius 3 is 2.58 bits per heavy atom. The summed E-state index contributed by atoms with van der Waals surface area (Å²) in [7, 11) is 0. The van der Waals surface area contributed by atoms with Crippen molar-refractivity contribution in [3.8, 4) is 0 Å². The van der Waals surface area contributed by atoms with Crippen LogP contribution in [0.4, 0.5) is 13.2 Å². The first kappa shape index (κ1) is 18.0. The van der Waals surface area contributed by atoms with Gasteiger partial charge < -0.3 is 9.88 Å². The molecule has 0 aliphatic rings. The summed E-state index contributed by atoms with van der Waals surface area (Å²) in [5.74, 6) is -0.900. The molecular weight excluding hydrogens is 321 g/mol. The van der Waals surface area contributed by atoms with Crippen LogP contribution in [0.15, 0.2) is 29.1 Å². The van der Waals surface area contributed by atoms with E-state index < -0.39 is 18.6 Å². The molecule has 0 aliphatic heterocycles. The summed E-state index contributed by atoms with van der Waals surface area (Å²) in [4.78, 5) is 24.8. The number of pyridine rings is 1. The number of rotatable bonds is 5. The smallest absolute Gasteiger partial charge is 0.342 e. The molecule has 1 aromatic carbocycles. The average Bonchev–Trinajstić information content (AvgIpc) is 2.51. The van der Waals surface area contributed by atoms with E-state index in [9.17, 15) is 22.8 Å². The van der Waals surface area contributed by atoms with Crippen LogP contribution in [-0.4, -0.2) is 23.2 Å². The van der Waals surface area contributed by atoms with E-state index >= 15 is 0 Å². The lowest BCUT2D eigenvalue weighted by Gasteiger charge is -2.15. The van der Waals surface area contributed by atoms with Crippen LogP contribution in [-0.2, 0) is 6.54 Å². The standard InChI is InChI=1S/C17H19F3N2O2/c1-3-4-7-22-14(15(23)21-10-17(18,19)20)9-12-6-5-11(2)8-13(12)16(22)24/h5-6,8-9H,3-4,7,10H2,1-2H3,(H,21,23). The number of aromatic nitrogens is 1. The summed E-state index contributed by atoms with van der Waals surface area (Å²) >= 11 is 0. The van der Waals surface area contributed by atoms with Crippen LogP contribution in [0.1, 0.15) is 35.8 Å². The van der Waals surface area contributed by atoms with E-state index in [2.05, 4.69) is 0 Å². The van der Waals surface area contributed by atoms with E-state index in [4.69, 9.17) is 0 Å². The molecule has 24 heavy (non-hydrogen) atoms. The van der Waals surface area contributed by atoms with Crippen LogP contribution < -0.4 is 10.9 Å². The second-order valence-electron chi connectivity index (χ2n) is 5.73. The number of nitrogens with one attached hydrogen (secondary N) is 1. The molecular formula is C17H19F3N2O2. The first-order valence-electron chi connectivity index (χ1n) is 7.72. The van der Waals surface area contributed by atoms with Gasteiger partial charge in [-0.2, -0.15) is 13.2 Å². The number of carbonyl (C=O) groups is 1. The molecule has 0 unspecified atom stereocenters. The molecule has 0 saturated carbocycles. The molecule has 0 aliphatic carbocycles. The second kappa shape index (κ2) is 7.07. The van der Waals surface area contributed by atoms with Gasteiger partial charge in [0.2, 0.25) is 0 Å². The summed E-state index contributed by atoms with van der Waals surface area (Å²) in [6.45, 7) is 2.63. The minimum atomic E-state index is -4.50. The monoisotopic (exact) mass is 340 g/mol. The first-order valence-corrected chi connectivity index (χ1v) is 7.72. The number of hydrogen-bond acceptors (Lipinski definition) is 2. The highest BCUT2D eigenvalue weighted by Gasteiger charge is 2.28. The Morgan fingerprint density at radius 2 is 1.96 bits per heavy atom. The highest BCUT2D eigenvalue weighted by atomic mass is 19.4. The van der Waals surface area contributed by atoms with Crippen LogP contribution in [0.25, 0.3) is 10.8 Å². The Hall–Kier alpha value is -2.31. The molecule has 7 heteroatoms. The van der Waals surface area contributed by atoms with E-state index in [-0.39, 0.29) is 17.8 Å². The van der Waals surface area contributed by atoms with Crippen molar-refractivity contribution in [1.29, 1.82) is 0 Å². The molecule has 1 amide bonds. The van der Waals surface area contributed by atoms with E-state index in [0.717, 1.165) is 12.0 Å². The molecule has 2 rings (SSSR count). The van der Waals surface area contributed by atoms with Gasteiger partial charge in [-0.1, -0.05) is 31.0 Å². The van der Waals surface area contributed by atoms with Gasteiger partial charge in [-0.25, -0.2) is 0 Å². The topological polar surface area (TPSA) is 51.1 Å². The number of fused-ring (bicyclic) bond motifs is 1. The van der Waals surface area contributed by atoms with Crippen molar-refractivity contribution in [2.75, 3.05) is 6.54 Å². The zero-order valence-corrected chi connectivity index (χ0v) is 13.5. The summed E-state index contributed by atoms with van der Waals surface area (Å²) in [5.41, 5.74) is 0.492. The van der Waals surface area contributed by atoms with Crippen molar-refractivity contribution in [2.45, 2.75) is 39.4 Å². The second-order valence-corrected chi connectivity index (χ2v) is 5.73. The van der Waals surface area contributed by atoms with E-state index in [1.807, 2.05) is 19.2 Å². The number of amides is 1. The summed E-state index contributed by atoms with van der Waals surface area (Å²) in [6, 6.07) is 6.67. The SMILES string of the molecule is CCCCn1c(C(=O)NCC(F)(F)F)cc2ccc(C)cc2c1=O. The largest absolute Gasteiger partial charge is 0.405 e. The van der Waals surface area contributed by atoms with Gasteiger partial charge in [-0.3, -0.25) is 9.59 Å². The Labute approximate surface area is 137 Å². The maximum absolute atomic E-state index is 12.7. The van der Waals surface area contributed by atoms with Crippen LogP contribution >= 0.6 is 0 Å². The first-order chi connectivity index (χ1) is 11.2. The lowest BCUT2D eigenvalue weighted by molar-refractivity contribution is -0.123. The van der Waals surface area contributed by atoms with Crippen molar-refractivity contribution in [3.63, 3.8) is 0 Å². The molecule has 2 aromatic rings. The minimum absolute atomic E-state index is 0.0472. The number of hydrogen-bond donors (Lipinski definition) is 1. The molecule has 1 N–H and O–H groups in total. The van der Waals surface area contributed by atoms with E-state index in [1.54, 1.807) is 18.2 Å². The zero-order chi connectivity index (χ0) is 17.9. The van der Waals surface area contributed by atoms with Crippen LogP contribution in [0.3, 0.4) is 0 Å². The van der Waals surface area contributed by atoms with E-state index in [1.165, 1.54) is 10.6 Å². The molecule has 4 nitrogen and oxygen atoms in total. The number of alkyl halides is 3. The quantitative estimate of drug-likeness (QED) is 0.907. The molecule has 0 saturated heterocycles. The lowest BCUT2D eigenvalue weighted by Crippen LogP contribution is -2.37. The molecule has 0 atom stereocenters. The third-order valence-electron chi connectivity index (χ3n) is 3.68. The summed E-state index contributed by atoms with van der Waals surface area (Å²) in [6.07, 6.45) is -3.06. The minimum Gasteiger partial charge on any atom is -0.342 e. The number of unbranched alkanes of at least 4 members (excludes halogenated alkanes) is 1. The zero-order valence-electron chi connectivity index (χ0n) is 13.5. The van der Waals surface area contributed by atoms with Crippen molar-refractivity contribution in [2.24, 2.45) is 0 Å². The Bertz CT molecular complexity index is 810. The van der Waals surface area contributed by atoms with E-state index in [0.29, 0.717) is 17.2 Å². The highest BCUT2D eigenvalue weighted by molar-refractivity contribution is 5.96. The van der Waals surface area contributed by atoms with Crippen LogP contribution in [0.2, 0.25) is 0 Å². The van der Waals surface area contributed by atoms with Crippen molar-refractivity contribution in [1.82, 2.24) is 9.88 Å². The van der Waals surface area contributed by atoms with Gasteiger partial charge in [-0.15, -0.1) is 0 Å². The third-order valence-corrected chi connectivity index (χ3v) is 3.68. The van der Waals surface area contributed by atoms with Gasteiger partial charge in [-0.05, 0) is 30.9 Å². The molecule has 1 aromatic heterocycles. The average molecular weight is 340 g/mol. The van der Waals surface area contributed by atoms with Crippen molar-refractivity contribution < 1.29 is 18.0 Å². The predicted octanol–water partition coefficient (Wildman–Crippen LogP) is 3.40. The highest BCUT2D eigenvalue weighted by Crippen LogP contribution is 2.16. The number of halogens is 3. The Morgan fingerprint density at radius 1 is 1.25 bits per heavy atom. The van der Waals surface area contributed by atoms with Crippen molar-refractivity contribution >= 4 is 16.7 Å². The molecule has 0 bridgehead atoms. The Kier molecular flexibility index (Phi) is 5.31. The van der Waals surface area contributed by atoms with Crippen LogP contribution in [0.5, 0.6) is 0 Å². The third kappa shape index (κ3) is 4.15. The normalized spacial score (nSPS) is 11.7. The van der Waals surface area contributed by atoms with Crippen LogP contribution in [0, 0.1) is 6.92 Å². The Balaban J connectivity index is 2.52. The van der Waals surface area contributed by atoms with Gasteiger partial charge in [0.05, 0.1) is 0 Å². The summed E-state index contributed by atoms with van der Waals surface area (Å²) < 4.78 is 38.2. The fourth-order valence-electron chi connectivity index (χ4n) is 2.46. The molecule has 1 heterocycles. The fourth-order valence-corrected chi connectivity index (χ4v) is 2.46. The molecule has 0 spiro atoms. The fraction of sp³-hybridized carbons (Fsp3) is 0.412. The predicted molar refractivity (Wildman–Crippen MR) is 86.2 cm³/mol. The summed E-state index contributed by atoms with van der Waals surface area (Å²) in [5, 5.41) is 2.83. The molecule has 0 fully saturated rings. The van der Waals surface area contributed by atoms with Gasteiger partial charge in [0, 0.05) is 11.9 Å². The van der Waals surface area contributed by atoms with Gasteiger partial charge in [0.15, 0.2) is 0 Å². The molecule has 130 valence electrons. The maximum atomic E-state index is 12.7. The number of carbonyl (C=O) groups excluding carboxylic acids is 1. The molecule has 0 radical (unpaired) electrons. The lowest BCUT2D eigenvalue weighted by atomic mass is 10.1. The van der Waals surface area contributed by atoms with Gasteiger partial charge in [0.1, 0.15) is 12.2 Å².